The number of halogens is 4. The molecule has 0 aliphatic heterocycles. The van der Waals surface area contributed by atoms with E-state index in [9.17, 15) is 17.3 Å². The van der Waals surface area contributed by atoms with Gasteiger partial charge in [0.1, 0.15) is 0 Å². The average molecular weight is 471 g/mol. The van der Waals surface area contributed by atoms with Crippen LogP contribution in [0, 0.1) is 0 Å². The zero-order valence-electron chi connectivity index (χ0n) is 18.7. The number of benzene rings is 4. The van der Waals surface area contributed by atoms with Crippen LogP contribution in [0.1, 0.15) is 0 Å². The van der Waals surface area contributed by atoms with Crippen LogP contribution in [0.4, 0.5) is 17.3 Å². The van der Waals surface area contributed by atoms with Gasteiger partial charge in [0, 0.05) is 35.4 Å². The second-order valence-electron chi connectivity index (χ2n) is 7.78. The Morgan fingerprint density at radius 3 is 1.09 bits per heavy atom. The third-order valence-corrected chi connectivity index (χ3v) is 5.33. The van der Waals surface area contributed by atoms with E-state index in [-0.39, 0.29) is 0 Å². The van der Waals surface area contributed by atoms with Gasteiger partial charge in [-0.3, -0.25) is 0 Å². The molecule has 0 aliphatic carbocycles. The predicted octanol–water partition coefficient (Wildman–Crippen LogP) is 8.26. The summed E-state index contributed by atoms with van der Waals surface area (Å²) >= 11 is 0. The second kappa shape index (κ2) is 10.8. The first-order chi connectivity index (χ1) is 16.9. The van der Waals surface area contributed by atoms with E-state index in [1.165, 1.54) is 33.6 Å². The maximum Gasteiger partial charge on any atom is 0.673 e. The van der Waals surface area contributed by atoms with Crippen molar-refractivity contribution >= 4 is 7.25 Å². The maximum atomic E-state index is 9.75. The molecule has 1 aromatic heterocycles. The molecule has 6 heteroatoms. The van der Waals surface area contributed by atoms with E-state index in [1.54, 1.807) is 0 Å². The molecule has 0 fully saturated rings. The van der Waals surface area contributed by atoms with Gasteiger partial charge in [0.15, 0.2) is 0 Å². The van der Waals surface area contributed by atoms with Gasteiger partial charge < -0.3 is 17.3 Å². The Morgan fingerprint density at radius 2 is 0.714 bits per heavy atom. The molecule has 5 rings (SSSR count). The van der Waals surface area contributed by atoms with Gasteiger partial charge in [-0.05, 0) is 35.4 Å². The van der Waals surface area contributed by atoms with E-state index in [1.807, 2.05) is 0 Å². The Morgan fingerprint density at radius 1 is 0.400 bits per heavy atom. The summed E-state index contributed by atoms with van der Waals surface area (Å²) in [7, 11) is -6.00. The van der Waals surface area contributed by atoms with Crippen molar-refractivity contribution in [2.45, 2.75) is 0 Å². The Bertz CT molecular complexity index is 1290. The van der Waals surface area contributed by atoms with Crippen LogP contribution in [0.15, 0.2) is 133 Å². The molecule has 174 valence electrons. The molecule has 1 heterocycles. The maximum absolute atomic E-state index is 9.75. The van der Waals surface area contributed by atoms with Gasteiger partial charge in [-0.2, -0.15) is 4.57 Å². The Balaban J connectivity index is 0.000000527. The highest BCUT2D eigenvalue weighted by Gasteiger charge is 2.24. The first-order valence-corrected chi connectivity index (χ1v) is 11.1. The topological polar surface area (TPSA) is 3.88 Å². The standard InChI is InChI=1S/C29H22N.BF4/c1-5-13-23(14-6-1)26-21-28(24-15-7-2-8-16-24)30(27-19-11-4-12-20-27)29(22-26)25-17-9-3-10-18-25;2-1(3,4)5/h1-22H;/q+1;-1. The molecule has 0 bridgehead atoms. The smallest absolute Gasteiger partial charge is 0.418 e. The first kappa shape index (κ1) is 24.0. The molecule has 4 aromatic carbocycles. The van der Waals surface area contributed by atoms with Gasteiger partial charge in [-0.1, -0.05) is 84.9 Å². The summed E-state index contributed by atoms with van der Waals surface area (Å²) in [6.45, 7) is 0. The molecule has 1 nitrogen and oxygen atoms in total. The molecule has 35 heavy (non-hydrogen) atoms. The highest BCUT2D eigenvalue weighted by atomic mass is 19.5. The number of hydrogen-bond donors (Lipinski definition) is 0. The van der Waals surface area contributed by atoms with Crippen molar-refractivity contribution in [3.8, 4) is 39.3 Å². The summed E-state index contributed by atoms with van der Waals surface area (Å²) in [5, 5.41) is 0. The van der Waals surface area contributed by atoms with Crippen molar-refractivity contribution < 1.29 is 21.8 Å². The van der Waals surface area contributed by atoms with Crippen LogP contribution in [0.3, 0.4) is 0 Å². The summed E-state index contributed by atoms with van der Waals surface area (Å²) < 4.78 is 41.4. The molecule has 0 atom stereocenters. The van der Waals surface area contributed by atoms with Crippen LogP contribution in [0.25, 0.3) is 39.3 Å². The van der Waals surface area contributed by atoms with Crippen molar-refractivity contribution in [3.63, 3.8) is 0 Å². The Labute approximate surface area is 202 Å². The molecule has 0 amide bonds. The van der Waals surface area contributed by atoms with Crippen molar-refractivity contribution in [3.05, 3.63) is 133 Å². The van der Waals surface area contributed by atoms with Gasteiger partial charge in [0.25, 0.3) is 0 Å². The molecule has 0 aliphatic rings. The minimum Gasteiger partial charge on any atom is -0.418 e. The predicted molar refractivity (Wildman–Crippen MR) is 134 cm³/mol. The fourth-order valence-corrected chi connectivity index (χ4v) is 3.89. The fraction of sp³-hybridized carbons (Fsp3) is 0. The zero-order valence-corrected chi connectivity index (χ0v) is 18.7. The van der Waals surface area contributed by atoms with E-state index >= 15 is 0 Å². The van der Waals surface area contributed by atoms with Gasteiger partial charge in [0.2, 0.25) is 17.1 Å². The van der Waals surface area contributed by atoms with E-state index < -0.39 is 7.25 Å². The average Bonchev–Trinajstić information content (AvgIpc) is 2.89. The quantitative estimate of drug-likeness (QED) is 0.141. The highest BCUT2D eigenvalue weighted by Crippen LogP contribution is 2.30. The molecule has 0 saturated heterocycles. The molecular weight excluding hydrogens is 449 g/mol. The summed E-state index contributed by atoms with van der Waals surface area (Å²) in [5.74, 6) is 0. The largest absolute Gasteiger partial charge is 0.673 e. The number of pyridine rings is 1. The first-order valence-electron chi connectivity index (χ1n) is 11.1. The van der Waals surface area contributed by atoms with Crippen LogP contribution >= 0.6 is 0 Å². The van der Waals surface area contributed by atoms with Crippen LogP contribution in [-0.4, -0.2) is 7.25 Å². The fourth-order valence-electron chi connectivity index (χ4n) is 3.89. The van der Waals surface area contributed by atoms with Gasteiger partial charge in [0.05, 0.1) is 0 Å². The highest BCUT2D eigenvalue weighted by molar-refractivity contribution is 6.50. The normalized spacial score (nSPS) is 10.9. The third kappa shape index (κ3) is 6.45. The van der Waals surface area contributed by atoms with Crippen molar-refractivity contribution in [2.24, 2.45) is 0 Å². The lowest BCUT2D eigenvalue weighted by Crippen LogP contribution is -2.36. The summed E-state index contributed by atoms with van der Waals surface area (Å²) in [5.41, 5.74) is 8.29. The SMILES string of the molecule is F[B-](F)(F)F.c1ccc(-c2cc(-c3ccccc3)[n+](-c3ccccc3)c(-c3ccccc3)c2)cc1. The molecule has 0 saturated carbocycles. The minimum absolute atomic E-state index is 1.15. The molecule has 0 unspecified atom stereocenters. The van der Waals surface area contributed by atoms with Crippen molar-refractivity contribution in [1.29, 1.82) is 0 Å². The molecule has 0 spiro atoms. The van der Waals surface area contributed by atoms with Gasteiger partial charge >= 0.3 is 7.25 Å². The zero-order chi connectivity index (χ0) is 24.7. The third-order valence-electron chi connectivity index (χ3n) is 5.33. The van der Waals surface area contributed by atoms with Crippen LogP contribution in [0.5, 0.6) is 0 Å². The lowest BCUT2D eigenvalue weighted by molar-refractivity contribution is -0.572. The van der Waals surface area contributed by atoms with Gasteiger partial charge in [-0.15, -0.1) is 0 Å². The van der Waals surface area contributed by atoms with E-state index in [0.29, 0.717) is 0 Å². The number of hydrogen-bond acceptors (Lipinski definition) is 0. The van der Waals surface area contributed by atoms with Crippen LogP contribution in [-0.2, 0) is 0 Å². The number of aromatic nitrogens is 1. The molecule has 0 N–H and O–H groups in total. The Hall–Kier alpha value is -4.19. The van der Waals surface area contributed by atoms with Crippen LogP contribution < -0.4 is 4.57 Å². The molecule has 5 aromatic rings. The summed E-state index contributed by atoms with van der Waals surface area (Å²) in [6.07, 6.45) is 0. The molecular formula is C29H22BF4N. The van der Waals surface area contributed by atoms with Crippen molar-refractivity contribution in [2.75, 3.05) is 0 Å². The van der Waals surface area contributed by atoms with Crippen molar-refractivity contribution in [1.82, 2.24) is 0 Å². The lowest BCUT2D eigenvalue weighted by atomic mass is 9.98. The van der Waals surface area contributed by atoms with Crippen LogP contribution in [0.2, 0.25) is 0 Å². The summed E-state index contributed by atoms with van der Waals surface area (Å²) in [6, 6.07) is 47.0. The molecule has 0 radical (unpaired) electrons. The monoisotopic (exact) mass is 471 g/mol. The van der Waals surface area contributed by atoms with E-state index in [0.717, 1.165) is 5.69 Å². The lowest BCUT2D eigenvalue weighted by Gasteiger charge is -2.12. The minimum atomic E-state index is -6.00. The Kier molecular flexibility index (Phi) is 7.41. The number of para-hydroxylation sites is 1. The van der Waals surface area contributed by atoms with E-state index in [2.05, 4.69) is 138 Å². The number of rotatable bonds is 4. The number of nitrogens with zero attached hydrogens (tertiary/aromatic N) is 1. The van der Waals surface area contributed by atoms with Gasteiger partial charge in [-0.25, -0.2) is 0 Å². The van der Waals surface area contributed by atoms with E-state index in [4.69, 9.17) is 0 Å². The second-order valence-corrected chi connectivity index (χ2v) is 7.78. The summed E-state index contributed by atoms with van der Waals surface area (Å²) in [4.78, 5) is 0.